The quantitative estimate of drug-likeness (QED) is 0.325. The third-order valence-corrected chi connectivity index (χ3v) is 8.00. The zero-order chi connectivity index (χ0) is 26.6. The molecule has 1 amide bonds. The SMILES string of the molecule is CCOC(=O)NC(C(=O)c1ccc(C)cc1)N(Cc1ccc(-c2ccc(F)cc2)o1)C1CCS(=O)(=O)C1. The smallest absolute Gasteiger partial charge is 0.408 e. The zero-order valence-electron chi connectivity index (χ0n) is 20.6. The molecular weight excluding hydrogens is 499 g/mol. The van der Waals surface area contributed by atoms with Gasteiger partial charge >= 0.3 is 6.09 Å². The Bertz CT molecular complexity index is 1350. The van der Waals surface area contributed by atoms with E-state index < -0.39 is 33.9 Å². The summed E-state index contributed by atoms with van der Waals surface area (Å²) in [6.07, 6.45) is -1.68. The molecule has 1 aliphatic rings. The van der Waals surface area contributed by atoms with E-state index in [4.69, 9.17) is 9.15 Å². The summed E-state index contributed by atoms with van der Waals surface area (Å²) in [5.41, 5.74) is 2.00. The summed E-state index contributed by atoms with van der Waals surface area (Å²) in [6, 6.07) is 15.7. The number of furan rings is 1. The number of sulfone groups is 1. The van der Waals surface area contributed by atoms with Crippen LogP contribution in [0.2, 0.25) is 0 Å². The standard InChI is InChI=1S/C27H29FN2O6S/c1-3-35-27(32)29-26(25(31)20-6-4-18(2)5-7-20)30(22-14-15-37(33,34)17-22)16-23-12-13-24(36-23)19-8-10-21(28)11-9-19/h4-13,22,26H,3,14-17H2,1-2H3,(H,29,32). The van der Waals surface area contributed by atoms with E-state index in [1.807, 2.05) is 6.92 Å². The number of ether oxygens (including phenoxy) is 1. The van der Waals surface area contributed by atoms with E-state index in [-0.39, 0.29) is 30.5 Å². The number of aryl methyl sites for hydroxylation is 1. The van der Waals surface area contributed by atoms with E-state index in [0.29, 0.717) is 29.1 Å². The molecule has 0 aliphatic carbocycles. The van der Waals surface area contributed by atoms with Gasteiger partial charge in [-0.15, -0.1) is 0 Å². The number of rotatable bonds is 9. The van der Waals surface area contributed by atoms with Crippen LogP contribution in [0.3, 0.4) is 0 Å². The van der Waals surface area contributed by atoms with Gasteiger partial charge in [0.25, 0.3) is 0 Å². The molecule has 2 heterocycles. The number of halogens is 1. The lowest BCUT2D eigenvalue weighted by atomic mass is 10.0. The topological polar surface area (TPSA) is 106 Å². The van der Waals surface area contributed by atoms with Crippen LogP contribution in [0.5, 0.6) is 0 Å². The lowest BCUT2D eigenvalue weighted by Gasteiger charge is -2.34. The van der Waals surface area contributed by atoms with Crippen molar-refractivity contribution in [1.29, 1.82) is 0 Å². The first-order chi connectivity index (χ1) is 17.6. The Morgan fingerprint density at radius 2 is 1.81 bits per heavy atom. The molecule has 1 fully saturated rings. The van der Waals surface area contributed by atoms with Crippen LogP contribution < -0.4 is 5.32 Å². The Kier molecular flexibility index (Phi) is 8.09. The summed E-state index contributed by atoms with van der Waals surface area (Å²) in [7, 11) is -3.31. The molecule has 2 atom stereocenters. The summed E-state index contributed by atoms with van der Waals surface area (Å²) >= 11 is 0. The normalized spacial score (nSPS) is 17.5. The first-order valence-corrected chi connectivity index (χ1v) is 13.8. The number of nitrogens with zero attached hydrogens (tertiary/aromatic N) is 1. The van der Waals surface area contributed by atoms with Crippen LogP contribution in [0.15, 0.2) is 65.1 Å². The fraction of sp³-hybridized carbons (Fsp3) is 0.333. The van der Waals surface area contributed by atoms with Gasteiger partial charge in [0.05, 0.1) is 24.7 Å². The van der Waals surface area contributed by atoms with Crippen LogP contribution >= 0.6 is 0 Å². The average molecular weight is 529 g/mol. The molecule has 37 heavy (non-hydrogen) atoms. The maximum Gasteiger partial charge on any atom is 0.408 e. The van der Waals surface area contributed by atoms with Gasteiger partial charge in [0, 0.05) is 17.2 Å². The number of amides is 1. The molecule has 1 N–H and O–H groups in total. The van der Waals surface area contributed by atoms with E-state index in [1.54, 1.807) is 60.4 Å². The summed E-state index contributed by atoms with van der Waals surface area (Å²) in [4.78, 5) is 27.8. The Labute approximate surface area is 215 Å². The van der Waals surface area contributed by atoms with Gasteiger partial charge in [0.1, 0.15) is 17.3 Å². The molecule has 0 saturated carbocycles. The summed E-state index contributed by atoms with van der Waals surface area (Å²) in [6.45, 7) is 3.70. The van der Waals surface area contributed by atoms with Crippen LogP contribution in [0, 0.1) is 12.7 Å². The first kappa shape index (κ1) is 26.6. The van der Waals surface area contributed by atoms with Crippen LogP contribution in [-0.2, 0) is 21.1 Å². The largest absolute Gasteiger partial charge is 0.460 e. The Balaban J connectivity index is 1.69. The highest BCUT2D eigenvalue weighted by Gasteiger charge is 2.40. The number of Topliss-reactive ketones (excluding diaryl/α,β-unsaturated/α-hetero) is 1. The molecule has 4 rings (SSSR count). The third-order valence-electron chi connectivity index (χ3n) is 6.25. The molecule has 10 heteroatoms. The maximum absolute atomic E-state index is 13.7. The predicted molar refractivity (Wildman–Crippen MR) is 136 cm³/mol. The monoisotopic (exact) mass is 528 g/mol. The second-order valence-electron chi connectivity index (χ2n) is 9.00. The van der Waals surface area contributed by atoms with Crippen LogP contribution in [0.1, 0.15) is 35.0 Å². The second kappa shape index (κ2) is 11.3. The lowest BCUT2D eigenvalue weighted by molar-refractivity contribution is 0.0598. The number of ketones is 1. The van der Waals surface area contributed by atoms with Crippen LogP contribution in [0.25, 0.3) is 11.3 Å². The van der Waals surface area contributed by atoms with Gasteiger partial charge in [-0.3, -0.25) is 15.0 Å². The molecular formula is C27H29FN2O6S. The van der Waals surface area contributed by atoms with E-state index in [1.165, 1.54) is 12.1 Å². The molecule has 1 aliphatic heterocycles. The molecule has 2 aromatic carbocycles. The summed E-state index contributed by atoms with van der Waals surface area (Å²) in [5.74, 6) is 0.0117. The minimum atomic E-state index is -3.31. The van der Waals surface area contributed by atoms with Crippen LogP contribution in [0.4, 0.5) is 9.18 Å². The highest BCUT2D eigenvalue weighted by molar-refractivity contribution is 7.91. The van der Waals surface area contributed by atoms with Crippen molar-refractivity contribution in [3.05, 3.63) is 83.4 Å². The number of benzene rings is 2. The predicted octanol–water partition coefficient (Wildman–Crippen LogP) is 4.34. The van der Waals surface area contributed by atoms with Gasteiger partial charge in [-0.05, 0) is 56.7 Å². The Morgan fingerprint density at radius 3 is 2.43 bits per heavy atom. The first-order valence-electron chi connectivity index (χ1n) is 12.0. The van der Waals surface area contributed by atoms with Crippen molar-refractivity contribution in [3.63, 3.8) is 0 Å². The minimum absolute atomic E-state index is 0.0159. The number of nitrogens with one attached hydrogen (secondary N) is 1. The van der Waals surface area contributed by atoms with E-state index in [0.717, 1.165) is 5.56 Å². The zero-order valence-corrected chi connectivity index (χ0v) is 21.5. The second-order valence-corrected chi connectivity index (χ2v) is 11.2. The fourth-order valence-corrected chi connectivity index (χ4v) is 6.08. The highest BCUT2D eigenvalue weighted by Crippen LogP contribution is 2.27. The third kappa shape index (κ3) is 6.64. The molecule has 0 radical (unpaired) electrons. The minimum Gasteiger partial charge on any atom is -0.460 e. The molecule has 1 saturated heterocycles. The van der Waals surface area contributed by atoms with E-state index in [9.17, 15) is 22.4 Å². The number of hydrogen-bond donors (Lipinski definition) is 1. The van der Waals surface area contributed by atoms with E-state index >= 15 is 0 Å². The number of carbonyl (C=O) groups excluding carboxylic acids is 2. The van der Waals surface area contributed by atoms with Gasteiger partial charge in [-0.2, -0.15) is 0 Å². The molecule has 8 nitrogen and oxygen atoms in total. The molecule has 0 bridgehead atoms. The summed E-state index contributed by atoms with van der Waals surface area (Å²) < 4.78 is 49.1. The maximum atomic E-state index is 13.7. The van der Waals surface area contributed by atoms with Crippen molar-refractivity contribution >= 4 is 21.7 Å². The van der Waals surface area contributed by atoms with Gasteiger partial charge in [-0.1, -0.05) is 29.8 Å². The average Bonchev–Trinajstić information content (AvgIpc) is 3.48. The van der Waals surface area contributed by atoms with Gasteiger partial charge in [0.2, 0.25) is 0 Å². The van der Waals surface area contributed by atoms with Crippen molar-refractivity contribution in [2.45, 2.75) is 39.0 Å². The fourth-order valence-electron chi connectivity index (χ4n) is 4.34. The van der Waals surface area contributed by atoms with Gasteiger partial charge in [0.15, 0.2) is 21.8 Å². The highest BCUT2D eigenvalue weighted by atomic mass is 32.2. The van der Waals surface area contributed by atoms with Crippen molar-refractivity contribution < 1.29 is 31.6 Å². The van der Waals surface area contributed by atoms with Crippen LogP contribution in [-0.4, -0.2) is 55.5 Å². The van der Waals surface area contributed by atoms with Crippen molar-refractivity contribution in [2.75, 3.05) is 18.1 Å². The molecule has 0 spiro atoms. The van der Waals surface area contributed by atoms with E-state index in [2.05, 4.69) is 5.32 Å². The van der Waals surface area contributed by atoms with Crippen molar-refractivity contribution in [3.8, 4) is 11.3 Å². The van der Waals surface area contributed by atoms with Gasteiger partial charge < -0.3 is 9.15 Å². The Morgan fingerprint density at radius 1 is 1.11 bits per heavy atom. The number of carbonyl (C=O) groups is 2. The molecule has 2 unspecified atom stereocenters. The molecule has 3 aromatic rings. The van der Waals surface area contributed by atoms with Crippen molar-refractivity contribution in [2.24, 2.45) is 0 Å². The summed E-state index contributed by atoms with van der Waals surface area (Å²) in [5, 5.41) is 2.64. The lowest BCUT2D eigenvalue weighted by Crippen LogP contribution is -2.56. The Hall–Kier alpha value is -3.50. The molecule has 196 valence electrons. The van der Waals surface area contributed by atoms with Gasteiger partial charge in [-0.25, -0.2) is 17.6 Å². The van der Waals surface area contributed by atoms with Crippen molar-refractivity contribution in [1.82, 2.24) is 10.2 Å². The molecule has 1 aromatic heterocycles. The number of hydrogen-bond acceptors (Lipinski definition) is 7. The number of alkyl carbamates (subject to hydrolysis) is 1.